The van der Waals surface area contributed by atoms with Gasteiger partial charge in [-0.15, -0.1) is 0 Å². The molecule has 1 aromatic heterocycles. The van der Waals surface area contributed by atoms with Gasteiger partial charge in [-0.3, -0.25) is 18.7 Å². The standard InChI is InChI=1S/C17H18N2O3/c1-7-8(2)10(4)12-11(9(7)3)15(20)13-14(16(12)21)19(6)17(22)18(13)5/h1-6H3. The first-order valence-electron chi connectivity index (χ1n) is 7.15. The van der Waals surface area contributed by atoms with E-state index >= 15 is 0 Å². The van der Waals surface area contributed by atoms with Crippen molar-refractivity contribution in [2.45, 2.75) is 27.7 Å². The Hall–Kier alpha value is -2.43. The van der Waals surface area contributed by atoms with Crippen LogP contribution in [0.1, 0.15) is 54.4 Å². The van der Waals surface area contributed by atoms with Gasteiger partial charge in [0.15, 0.2) is 0 Å². The van der Waals surface area contributed by atoms with Crippen molar-refractivity contribution in [1.29, 1.82) is 0 Å². The zero-order chi connectivity index (χ0) is 16.5. The molecule has 0 amide bonds. The Balaban J connectivity index is 2.53. The van der Waals surface area contributed by atoms with Crippen LogP contribution in [-0.4, -0.2) is 20.7 Å². The highest BCUT2D eigenvalue weighted by molar-refractivity contribution is 6.28. The number of ketones is 2. The van der Waals surface area contributed by atoms with Gasteiger partial charge in [0.05, 0.1) is 0 Å². The molecule has 0 N–H and O–H groups in total. The van der Waals surface area contributed by atoms with Crippen LogP contribution in [0, 0.1) is 27.7 Å². The third-order valence-electron chi connectivity index (χ3n) is 5.04. The molecule has 0 fully saturated rings. The molecule has 1 aliphatic rings. The molecule has 1 aromatic carbocycles. The van der Waals surface area contributed by atoms with E-state index in [2.05, 4.69) is 0 Å². The van der Waals surface area contributed by atoms with E-state index in [1.807, 2.05) is 27.7 Å². The van der Waals surface area contributed by atoms with E-state index in [9.17, 15) is 14.4 Å². The Morgan fingerprint density at radius 1 is 0.591 bits per heavy atom. The third kappa shape index (κ3) is 1.46. The van der Waals surface area contributed by atoms with Crippen molar-refractivity contribution in [3.63, 3.8) is 0 Å². The van der Waals surface area contributed by atoms with Gasteiger partial charge in [-0.1, -0.05) is 0 Å². The number of hydrogen-bond donors (Lipinski definition) is 0. The van der Waals surface area contributed by atoms with Gasteiger partial charge in [-0.2, -0.15) is 0 Å². The van der Waals surface area contributed by atoms with Crippen molar-refractivity contribution in [3.8, 4) is 0 Å². The van der Waals surface area contributed by atoms with E-state index in [1.54, 1.807) is 0 Å². The predicted octanol–water partition coefficient (Wildman–Crippen LogP) is 1.73. The summed E-state index contributed by atoms with van der Waals surface area (Å²) < 4.78 is 2.53. The van der Waals surface area contributed by atoms with E-state index in [1.165, 1.54) is 23.2 Å². The maximum atomic E-state index is 13.0. The highest BCUT2D eigenvalue weighted by atomic mass is 16.2. The molecular weight excluding hydrogens is 280 g/mol. The molecule has 2 aromatic rings. The van der Waals surface area contributed by atoms with Crippen LogP contribution < -0.4 is 5.69 Å². The van der Waals surface area contributed by atoms with Gasteiger partial charge in [0.1, 0.15) is 11.4 Å². The van der Waals surface area contributed by atoms with Gasteiger partial charge in [0.2, 0.25) is 11.6 Å². The third-order valence-corrected chi connectivity index (χ3v) is 5.04. The molecule has 0 unspecified atom stereocenters. The average Bonchev–Trinajstić information content (AvgIpc) is 2.71. The highest BCUT2D eigenvalue weighted by Gasteiger charge is 2.38. The molecule has 3 rings (SSSR count). The van der Waals surface area contributed by atoms with Crippen LogP contribution in [0.2, 0.25) is 0 Å². The quantitative estimate of drug-likeness (QED) is 0.635. The second-order valence-corrected chi connectivity index (χ2v) is 6.01. The maximum absolute atomic E-state index is 13.0. The SMILES string of the molecule is Cc1c(C)c(C)c2c(c1C)C(=O)c1c(n(C)c(=O)n1C)C2=O. The van der Waals surface area contributed by atoms with Crippen molar-refractivity contribution in [2.24, 2.45) is 14.1 Å². The van der Waals surface area contributed by atoms with Gasteiger partial charge in [0.25, 0.3) is 0 Å². The summed E-state index contributed by atoms with van der Waals surface area (Å²) in [5.74, 6) is -0.484. The number of rotatable bonds is 0. The van der Waals surface area contributed by atoms with E-state index in [4.69, 9.17) is 0 Å². The Bertz CT molecular complexity index is 869. The number of fused-ring (bicyclic) bond motifs is 2. The number of imidazole rings is 1. The van der Waals surface area contributed by atoms with Crippen molar-refractivity contribution in [3.05, 3.63) is 55.3 Å². The van der Waals surface area contributed by atoms with Gasteiger partial charge in [0, 0.05) is 25.2 Å². The topological polar surface area (TPSA) is 61.1 Å². The smallest absolute Gasteiger partial charge is 0.291 e. The zero-order valence-corrected chi connectivity index (χ0v) is 13.6. The van der Waals surface area contributed by atoms with Crippen LogP contribution in [0.3, 0.4) is 0 Å². The first-order chi connectivity index (χ1) is 10.2. The summed E-state index contributed by atoms with van der Waals surface area (Å²) >= 11 is 0. The molecule has 5 heteroatoms. The predicted molar refractivity (Wildman–Crippen MR) is 82.9 cm³/mol. The molecule has 1 aliphatic carbocycles. The zero-order valence-electron chi connectivity index (χ0n) is 13.6. The van der Waals surface area contributed by atoms with Crippen molar-refractivity contribution < 1.29 is 9.59 Å². The summed E-state index contributed by atoms with van der Waals surface area (Å²) in [6, 6.07) is 0. The summed E-state index contributed by atoms with van der Waals surface area (Å²) in [5.41, 5.74) is 4.58. The Morgan fingerprint density at radius 2 is 0.909 bits per heavy atom. The largest absolute Gasteiger partial charge is 0.328 e. The van der Waals surface area contributed by atoms with Crippen molar-refractivity contribution in [2.75, 3.05) is 0 Å². The number of carbonyl (C=O) groups excluding carboxylic acids is 2. The Kier molecular flexibility index (Phi) is 2.83. The van der Waals surface area contributed by atoms with Gasteiger partial charge in [-0.25, -0.2) is 4.79 Å². The number of carbonyl (C=O) groups is 2. The number of nitrogens with zero attached hydrogens (tertiary/aromatic N) is 2. The fraction of sp³-hybridized carbons (Fsp3) is 0.353. The number of aromatic nitrogens is 2. The summed E-state index contributed by atoms with van der Waals surface area (Å²) in [5, 5.41) is 0. The molecule has 0 bridgehead atoms. The molecular formula is C17H18N2O3. The van der Waals surface area contributed by atoms with Crippen LogP contribution in [0.25, 0.3) is 0 Å². The molecule has 0 saturated carbocycles. The lowest BCUT2D eigenvalue weighted by Gasteiger charge is -2.23. The molecule has 0 saturated heterocycles. The van der Waals surface area contributed by atoms with Crippen LogP contribution in [0.4, 0.5) is 0 Å². The molecule has 0 radical (unpaired) electrons. The normalized spacial score (nSPS) is 13.4. The lowest BCUT2D eigenvalue weighted by Crippen LogP contribution is -2.27. The first-order valence-corrected chi connectivity index (χ1v) is 7.15. The van der Waals surface area contributed by atoms with E-state index in [0.29, 0.717) is 11.1 Å². The Morgan fingerprint density at radius 3 is 1.23 bits per heavy atom. The Labute approximate surface area is 128 Å². The van der Waals surface area contributed by atoms with Crippen LogP contribution in [-0.2, 0) is 14.1 Å². The number of hydrogen-bond acceptors (Lipinski definition) is 3. The van der Waals surface area contributed by atoms with Crippen molar-refractivity contribution in [1.82, 2.24) is 9.13 Å². The molecule has 1 heterocycles. The highest BCUT2D eigenvalue weighted by Crippen LogP contribution is 2.34. The van der Waals surface area contributed by atoms with E-state index < -0.39 is 0 Å². The minimum atomic E-state index is -0.358. The maximum Gasteiger partial charge on any atom is 0.328 e. The summed E-state index contributed by atoms with van der Waals surface area (Å²) in [6.45, 7) is 7.63. The average molecular weight is 298 g/mol. The second kappa shape index (κ2) is 4.29. The molecule has 22 heavy (non-hydrogen) atoms. The molecule has 0 spiro atoms. The molecule has 0 aliphatic heterocycles. The van der Waals surface area contributed by atoms with Gasteiger partial charge >= 0.3 is 5.69 Å². The fourth-order valence-electron chi connectivity index (χ4n) is 3.37. The molecule has 5 nitrogen and oxygen atoms in total. The van der Waals surface area contributed by atoms with Crippen LogP contribution in [0.5, 0.6) is 0 Å². The number of benzene rings is 1. The summed E-state index contributed by atoms with van der Waals surface area (Å²) in [7, 11) is 3.06. The van der Waals surface area contributed by atoms with Crippen LogP contribution >= 0.6 is 0 Å². The van der Waals surface area contributed by atoms with Crippen molar-refractivity contribution >= 4 is 11.6 Å². The van der Waals surface area contributed by atoms with Crippen LogP contribution in [0.15, 0.2) is 4.79 Å². The van der Waals surface area contributed by atoms with E-state index in [0.717, 1.165) is 22.3 Å². The summed E-state index contributed by atoms with van der Waals surface area (Å²) in [6.07, 6.45) is 0. The monoisotopic (exact) mass is 298 g/mol. The van der Waals surface area contributed by atoms with Gasteiger partial charge in [-0.05, 0) is 49.9 Å². The minimum absolute atomic E-state index is 0.191. The lowest BCUT2D eigenvalue weighted by molar-refractivity contribution is 0.0968. The van der Waals surface area contributed by atoms with Gasteiger partial charge < -0.3 is 0 Å². The van der Waals surface area contributed by atoms with E-state index in [-0.39, 0.29) is 28.6 Å². The fourth-order valence-corrected chi connectivity index (χ4v) is 3.37. The summed E-state index contributed by atoms with van der Waals surface area (Å²) in [4.78, 5) is 38.0. The second-order valence-electron chi connectivity index (χ2n) is 6.01. The first kappa shape index (κ1) is 14.5. The molecule has 114 valence electrons. The lowest BCUT2D eigenvalue weighted by atomic mass is 9.80. The molecule has 0 atom stereocenters. The minimum Gasteiger partial charge on any atom is -0.291 e.